The summed E-state index contributed by atoms with van der Waals surface area (Å²) in [6.45, 7) is 8.03. The molecule has 4 heteroatoms. The lowest BCUT2D eigenvalue weighted by Crippen LogP contribution is -1.94. The number of allylic oxidation sites excluding steroid dienone is 2. The van der Waals surface area contributed by atoms with Crippen LogP contribution < -0.4 is 5.73 Å². The molecule has 0 fully saturated rings. The molecule has 1 aromatic rings. The molecule has 0 atom stereocenters. The zero-order chi connectivity index (χ0) is 15.1. The predicted molar refractivity (Wildman–Crippen MR) is 83.5 cm³/mol. The van der Waals surface area contributed by atoms with Gasteiger partial charge in [-0.1, -0.05) is 26.3 Å². The van der Waals surface area contributed by atoms with Crippen molar-refractivity contribution in [2.24, 2.45) is 4.99 Å². The maximum atomic E-state index is 10.2. The van der Waals surface area contributed by atoms with E-state index in [2.05, 4.69) is 9.98 Å². The Labute approximate surface area is 116 Å². The molecule has 0 aliphatic carbocycles. The smallest absolute Gasteiger partial charge is 0.167 e. The number of nitrogens with two attached hydrogens (primary N) is 1. The first-order chi connectivity index (χ1) is 9.13. The van der Waals surface area contributed by atoms with E-state index in [4.69, 9.17) is 5.73 Å². The summed E-state index contributed by atoms with van der Waals surface area (Å²) in [5, 5.41) is 0. The van der Waals surface area contributed by atoms with Gasteiger partial charge in [0.1, 0.15) is 0 Å². The van der Waals surface area contributed by atoms with Crippen molar-refractivity contribution < 1.29 is 4.79 Å². The van der Waals surface area contributed by atoms with Crippen LogP contribution in [0, 0.1) is 0 Å². The molecule has 0 unspecified atom stereocenters. The maximum absolute atomic E-state index is 10.2. The van der Waals surface area contributed by atoms with Gasteiger partial charge < -0.3 is 5.73 Å². The van der Waals surface area contributed by atoms with Gasteiger partial charge in [-0.05, 0) is 31.6 Å². The van der Waals surface area contributed by atoms with Crippen molar-refractivity contribution in [1.82, 2.24) is 4.98 Å². The lowest BCUT2D eigenvalue weighted by atomic mass is 10.2. The SMILES string of the molecule is CC.CC/C(C)=C\C(C=O)=NC.Nc1ccncc1. The molecule has 4 nitrogen and oxygen atoms in total. The molecule has 0 amide bonds. The van der Waals surface area contributed by atoms with Crippen LogP contribution in [0.25, 0.3) is 0 Å². The first-order valence-corrected chi connectivity index (χ1v) is 6.38. The normalized spacial score (nSPS) is 10.6. The number of aliphatic imine (C=N–C) groups is 1. The summed E-state index contributed by atoms with van der Waals surface area (Å²) in [5.41, 5.74) is 7.76. The second kappa shape index (κ2) is 14.1. The molecule has 0 bridgehead atoms. The summed E-state index contributed by atoms with van der Waals surface area (Å²) >= 11 is 0. The summed E-state index contributed by atoms with van der Waals surface area (Å²) in [6, 6.07) is 3.50. The zero-order valence-electron chi connectivity index (χ0n) is 12.6. The first-order valence-electron chi connectivity index (χ1n) is 6.38. The van der Waals surface area contributed by atoms with Crippen molar-refractivity contribution in [2.75, 3.05) is 12.8 Å². The number of hydrogen-bond acceptors (Lipinski definition) is 4. The van der Waals surface area contributed by atoms with Crippen LogP contribution in [-0.4, -0.2) is 24.0 Å². The third kappa shape index (κ3) is 12.3. The van der Waals surface area contributed by atoms with Gasteiger partial charge >= 0.3 is 0 Å². The van der Waals surface area contributed by atoms with E-state index in [1.165, 1.54) is 5.57 Å². The molecule has 1 aromatic heterocycles. The summed E-state index contributed by atoms with van der Waals surface area (Å²) in [7, 11) is 1.61. The number of anilines is 1. The molecule has 0 saturated carbocycles. The lowest BCUT2D eigenvalue weighted by Gasteiger charge is -1.92. The van der Waals surface area contributed by atoms with E-state index in [-0.39, 0.29) is 0 Å². The Morgan fingerprint density at radius 1 is 1.37 bits per heavy atom. The minimum Gasteiger partial charge on any atom is -0.399 e. The number of aldehydes is 1. The molecule has 0 radical (unpaired) electrons. The van der Waals surface area contributed by atoms with Gasteiger partial charge in [0.25, 0.3) is 0 Å². The number of rotatable bonds is 3. The fraction of sp³-hybridized carbons (Fsp3) is 0.400. The van der Waals surface area contributed by atoms with Crippen molar-refractivity contribution >= 4 is 17.7 Å². The highest BCUT2D eigenvalue weighted by atomic mass is 16.1. The molecule has 1 heterocycles. The minimum absolute atomic E-state index is 0.513. The number of nitrogens with zero attached hydrogens (tertiary/aromatic N) is 2. The van der Waals surface area contributed by atoms with E-state index in [0.29, 0.717) is 5.71 Å². The van der Waals surface area contributed by atoms with Crippen molar-refractivity contribution in [1.29, 1.82) is 0 Å². The molecule has 19 heavy (non-hydrogen) atoms. The average molecular weight is 263 g/mol. The molecule has 0 saturated heterocycles. The monoisotopic (exact) mass is 263 g/mol. The van der Waals surface area contributed by atoms with Gasteiger partial charge in [0.2, 0.25) is 0 Å². The topological polar surface area (TPSA) is 68.3 Å². The Bertz CT molecular complexity index is 384. The van der Waals surface area contributed by atoms with Gasteiger partial charge in [0, 0.05) is 25.1 Å². The van der Waals surface area contributed by atoms with Crippen LogP contribution in [0.5, 0.6) is 0 Å². The van der Waals surface area contributed by atoms with E-state index in [0.717, 1.165) is 18.4 Å². The van der Waals surface area contributed by atoms with Gasteiger partial charge in [-0.2, -0.15) is 0 Å². The number of aromatic nitrogens is 1. The number of carbonyl (C=O) groups excluding carboxylic acids is 1. The molecule has 106 valence electrons. The van der Waals surface area contributed by atoms with Crippen LogP contribution in [0.2, 0.25) is 0 Å². The van der Waals surface area contributed by atoms with Crippen LogP contribution in [-0.2, 0) is 4.79 Å². The molecular weight excluding hydrogens is 238 g/mol. The Balaban J connectivity index is 0. The number of nitrogen functional groups attached to an aromatic ring is 1. The average Bonchev–Trinajstić information content (AvgIpc) is 2.48. The summed E-state index contributed by atoms with van der Waals surface area (Å²) in [4.78, 5) is 17.7. The highest BCUT2D eigenvalue weighted by Crippen LogP contribution is 1.97. The second-order valence-electron chi connectivity index (χ2n) is 3.39. The summed E-state index contributed by atoms with van der Waals surface area (Å²) in [6.07, 6.45) is 6.85. The Morgan fingerprint density at radius 2 is 1.89 bits per heavy atom. The quantitative estimate of drug-likeness (QED) is 0.672. The predicted octanol–water partition coefficient (Wildman–Crippen LogP) is 3.30. The summed E-state index contributed by atoms with van der Waals surface area (Å²) in [5.74, 6) is 0. The van der Waals surface area contributed by atoms with Crippen LogP contribution >= 0.6 is 0 Å². The zero-order valence-corrected chi connectivity index (χ0v) is 12.6. The molecule has 2 N–H and O–H groups in total. The van der Waals surface area contributed by atoms with E-state index in [9.17, 15) is 4.79 Å². The Morgan fingerprint density at radius 3 is 2.16 bits per heavy atom. The van der Waals surface area contributed by atoms with Gasteiger partial charge in [-0.3, -0.25) is 14.8 Å². The van der Waals surface area contributed by atoms with Gasteiger partial charge in [-0.25, -0.2) is 0 Å². The van der Waals surface area contributed by atoms with Crippen LogP contribution in [0.3, 0.4) is 0 Å². The maximum Gasteiger partial charge on any atom is 0.167 e. The lowest BCUT2D eigenvalue weighted by molar-refractivity contribution is -0.102. The molecule has 0 spiro atoms. The standard InChI is InChI=1S/C8H13NO.C5H6N2.C2H6/c1-4-7(2)5-8(6-10)9-3;6-5-1-3-7-4-2-5;1-2/h5-6H,4H2,1-3H3;1-4H,(H2,6,7);1-2H3/b7-5-,9-8?;;. The Kier molecular flexibility index (Phi) is 14.4. The molecule has 1 rings (SSSR count). The fourth-order valence-electron chi connectivity index (χ4n) is 0.869. The van der Waals surface area contributed by atoms with Crippen LogP contribution in [0.4, 0.5) is 5.69 Å². The Hall–Kier alpha value is -1.97. The van der Waals surface area contributed by atoms with Crippen LogP contribution in [0.1, 0.15) is 34.1 Å². The number of carbonyl (C=O) groups is 1. The summed E-state index contributed by atoms with van der Waals surface area (Å²) < 4.78 is 0. The number of hydrogen-bond donors (Lipinski definition) is 1. The largest absolute Gasteiger partial charge is 0.399 e. The van der Waals surface area contributed by atoms with Crippen molar-refractivity contribution in [3.8, 4) is 0 Å². The van der Waals surface area contributed by atoms with Gasteiger partial charge in [0.15, 0.2) is 6.29 Å². The molecular formula is C15H25N3O. The number of pyridine rings is 1. The third-order valence-corrected chi connectivity index (χ3v) is 2.04. The molecule has 0 aliphatic heterocycles. The van der Waals surface area contributed by atoms with E-state index >= 15 is 0 Å². The molecule has 0 aliphatic rings. The van der Waals surface area contributed by atoms with Crippen molar-refractivity contribution in [3.05, 3.63) is 36.2 Å². The van der Waals surface area contributed by atoms with Crippen molar-refractivity contribution in [2.45, 2.75) is 34.1 Å². The highest BCUT2D eigenvalue weighted by molar-refractivity contribution is 6.33. The highest BCUT2D eigenvalue weighted by Gasteiger charge is 1.89. The minimum atomic E-state index is 0.513. The van der Waals surface area contributed by atoms with Crippen LogP contribution in [0.15, 0.2) is 41.2 Å². The first kappa shape index (κ1) is 19.4. The van der Waals surface area contributed by atoms with E-state index in [1.54, 1.807) is 37.7 Å². The van der Waals surface area contributed by atoms with Gasteiger partial charge in [-0.15, -0.1) is 0 Å². The third-order valence-electron chi connectivity index (χ3n) is 2.04. The van der Waals surface area contributed by atoms with E-state index < -0.39 is 0 Å². The fourth-order valence-corrected chi connectivity index (χ4v) is 0.869. The second-order valence-corrected chi connectivity index (χ2v) is 3.39. The van der Waals surface area contributed by atoms with Gasteiger partial charge in [0.05, 0.1) is 5.71 Å². The molecule has 0 aromatic carbocycles. The van der Waals surface area contributed by atoms with Crippen molar-refractivity contribution in [3.63, 3.8) is 0 Å². The van der Waals surface area contributed by atoms with E-state index in [1.807, 2.05) is 27.7 Å².